The summed E-state index contributed by atoms with van der Waals surface area (Å²) in [5, 5.41) is 19.1. The molecule has 0 bridgehead atoms. The number of aliphatic hydroxyl groups is 1. The highest BCUT2D eigenvalue weighted by Crippen LogP contribution is 2.65. The lowest BCUT2D eigenvalue weighted by molar-refractivity contribution is -0.155. The van der Waals surface area contributed by atoms with Crippen LogP contribution in [0.25, 0.3) is 0 Å². The number of nitrogens with zero attached hydrogens (tertiary/aromatic N) is 1. The minimum Gasteiger partial charge on any atom is -0.366 e. The Bertz CT molecular complexity index is 1110. The second-order valence-electron chi connectivity index (χ2n) is 15.1. The van der Waals surface area contributed by atoms with Gasteiger partial charge in [-0.3, -0.25) is 19.2 Å². The Morgan fingerprint density at radius 3 is 2.14 bits per heavy atom. The van der Waals surface area contributed by atoms with E-state index in [2.05, 4.69) is 29.8 Å². The van der Waals surface area contributed by atoms with Crippen LogP contribution >= 0.6 is 0 Å². The van der Waals surface area contributed by atoms with E-state index in [0.29, 0.717) is 13.0 Å². The van der Waals surface area contributed by atoms with Gasteiger partial charge in [0.05, 0.1) is 18.2 Å². The molecule has 3 saturated carbocycles. The van der Waals surface area contributed by atoms with Crippen LogP contribution in [0.1, 0.15) is 87.0 Å². The first-order chi connectivity index (χ1) is 19.9. The first-order valence-electron chi connectivity index (χ1n) is 15.8. The number of ether oxygens (including phenoxy) is 1. The molecule has 1 saturated heterocycles. The molecule has 4 aliphatic rings. The van der Waals surface area contributed by atoms with E-state index in [1.807, 2.05) is 34.6 Å². The quantitative estimate of drug-likeness (QED) is 0.156. The van der Waals surface area contributed by atoms with Crippen LogP contribution < -0.4 is 21.7 Å². The highest BCUT2D eigenvalue weighted by molar-refractivity contribution is 6.37. The summed E-state index contributed by atoms with van der Waals surface area (Å²) in [6, 6.07) is -4.09. The number of ketones is 1. The fraction of sp³-hybridized carbons (Fsp3) is 0.839. The first kappa shape index (κ1) is 33.2. The van der Waals surface area contributed by atoms with Crippen molar-refractivity contribution in [3.8, 4) is 0 Å². The predicted molar refractivity (Wildman–Crippen MR) is 158 cm³/mol. The Balaban J connectivity index is 1.51. The molecule has 0 spiro atoms. The summed E-state index contributed by atoms with van der Waals surface area (Å²) in [7, 11) is 0. The number of amides is 5. The lowest BCUT2D eigenvalue weighted by atomic mass is 9.79. The number of carbonyl (C=O) groups is 5. The van der Waals surface area contributed by atoms with Crippen molar-refractivity contribution in [2.75, 3.05) is 6.54 Å². The molecule has 12 heteroatoms. The van der Waals surface area contributed by atoms with Gasteiger partial charge in [-0.25, -0.2) is 4.79 Å². The third-order valence-electron chi connectivity index (χ3n) is 9.96. The number of urea groups is 1. The molecule has 1 heterocycles. The highest BCUT2D eigenvalue weighted by Gasteiger charge is 2.70. The van der Waals surface area contributed by atoms with Crippen molar-refractivity contribution in [1.82, 2.24) is 20.9 Å². The molecule has 0 aromatic carbocycles. The molecule has 7 atom stereocenters. The van der Waals surface area contributed by atoms with Crippen LogP contribution in [0.2, 0.25) is 0 Å². The summed E-state index contributed by atoms with van der Waals surface area (Å²) in [4.78, 5) is 67.1. The van der Waals surface area contributed by atoms with Crippen molar-refractivity contribution in [2.24, 2.45) is 40.2 Å². The van der Waals surface area contributed by atoms with Crippen LogP contribution in [0.4, 0.5) is 4.79 Å². The Morgan fingerprint density at radius 1 is 1.02 bits per heavy atom. The summed E-state index contributed by atoms with van der Waals surface area (Å²) in [5.74, 6) is -2.53. The van der Waals surface area contributed by atoms with Gasteiger partial charge in [-0.05, 0) is 67.6 Å². The molecular weight excluding hydrogens is 554 g/mol. The van der Waals surface area contributed by atoms with Crippen molar-refractivity contribution >= 4 is 29.5 Å². The number of hydrogen-bond acceptors (Lipinski definition) is 7. The summed E-state index contributed by atoms with van der Waals surface area (Å²) in [6.07, 6.45) is 3.48. The SMILES string of the molecule is CC(C)OC(O)[C@@H](NC(=O)N[C@H](C(=O)N1C[C@H]2[C@@H]([C@H]1C(=O)NC(CC1CC1)C(=O)C(N)=O)C2(C)C)C(C)(C)C)C1CCC1. The maximum absolute atomic E-state index is 14.2. The Hall–Kier alpha value is -2.73. The van der Waals surface area contributed by atoms with E-state index in [9.17, 15) is 29.1 Å². The molecule has 12 nitrogen and oxygen atoms in total. The molecule has 43 heavy (non-hydrogen) atoms. The van der Waals surface area contributed by atoms with Crippen molar-refractivity contribution in [3.05, 3.63) is 0 Å². The molecule has 1 aliphatic heterocycles. The minimum atomic E-state index is -1.19. The number of rotatable bonds is 13. The monoisotopic (exact) mass is 605 g/mol. The number of hydrogen-bond donors (Lipinski definition) is 5. The van der Waals surface area contributed by atoms with Crippen LogP contribution in [-0.4, -0.2) is 82.6 Å². The number of fused-ring (bicyclic) bond motifs is 1. The molecule has 5 amide bonds. The highest BCUT2D eigenvalue weighted by atomic mass is 16.6. The smallest absolute Gasteiger partial charge is 0.315 e. The number of aliphatic hydroxyl groups excluding tert-OH is 1. The average molecular weight is 606 g/mol. The summed E-state index contributed by atoms with van der Waals surface area (Å²) in [6.45, 7) is 13.6. The van der Waals surface area contributed by atoms with E-state index in [1.54, 1.807) is 0 Å². The van der Waals surface area contributed by atoms with Crippen LogP contribution in [0, 0.1) is 34.5 Å². The average Bonchev–Trinajstić information content (AvgIpc) is 3.70. The van der Waals surface area contributed by atoms with Gasteiger partial charge in [-0.1, -0.05) is 53.9 Å². The number of likely N-dealkylation sites (tertiary alicyclic amines) is 1. The van der Waals surface area contributed by atoms with Crippen molar-refractivity contribution in [3.63, 3.8) is 0 Å². The Kier molecular flexibility index (Phi) is 9.52. The third kappa shape index (κ3) is 7.33. The van der Waals surface area contributed by atoms with E-state index in [4.69, 9.17) is 10.5 Å². The zero-order valence-corrected chi connectivity index (χ0v) is 26.6. The van der Waals surface area contributed by atoms with Gasteiger partial charge < -0.3 is 36.4 Å². The maximum Gasteiger partial charge on any atom is 0.315 e. The molecule has 4 fully saturated rings. The molecule has 0 aromatic heterocycles. The number of nitrogens with one attached hydrogen (secondary N) is 3. The van der Waals surface area contributed by atoms with Crippen LogP contribution in [-0.2, 0) is 23.9 Å². The molecule has 0 radical (unpaired) electrons. The fourth-order valence-electron chi connectivity index (χ4n) is 6.88. The summed E-state index contributed by atoms with van der Waals surface area (Å²) >= 11 is 0. The zero-order chi connectivity index (χ0) is 32.0. The summed E-state index contributed by atoms with van der Waals surface area (Å²) < 4.78 is 5.58. The normalized spacial score (nSPS) is 27.3. The number of nitrogens with two attached hydrogens (primary N) is 1. The van der Waals surface area contributed by atoms with Crippen LogP contribution in [0.15, 0.2) is 0 Å². The van der Waals surface area contributed by atoms with Crippen molar-refractivity contribution < 1.29 is 33.8 Å². The summed E-state index contributed by atoms with van der Waals surface area (Å²) in [5.41, 5.74) is 4.39. The number of Topliss-reactive ketones (excluding diaryl/α,β-unsaturated/α-hetero) is 1. The van der Waals surface area contributed by atoms with Crippen LogP contribution in [0.5, 0.6) is 0 Å². The van der Waals surface area contributed by atoms with E-state index < -0.39 is 65.4 Å². The maximum atomic E-state index is 14.2. The van der Waals surface area contributed by atoms with Gasteiger partial charge in [0.2, 0.25) is 17.6 Å². The van der Waals surface area contributed by atoms with E-state index >= 15 is 0 Å². The van der Waals surface area contributed by atoms with E-state index in [1.165, 1.54) is 4.90 Å². The Morgan fingerprint density at radius 2 is 1.65 bits per heavy atom. The topological polar surface area (TPSA) is 180 Å². The molecule has 4 rings (SSSR count). The number of carbonyl (C=O) groups excluding carboxylic acids is 5. The van der Waals surface area contributed by atoms with Gasteiger partial charge >= 0.3 is 6.03 Å². The minimum absolute atomic E-state index is 0.0657. The second-order valence-corrected chi connectivity index (χ2v) is 15.1. The van der Waals surface area contributed by atoms with Crippen LogP contribution in [0.3, 0.4) is 0 Å². The Labute approximate surface area is 254 Å². The molecule has 0 aromatic rings. The largest absolute Gasteiger partial charge is 0.366 e. The van der Waals surface area contributed by atoms with Gasteiger partial charge in [0.15, 0.2) is 6.29 Å². The lowest BCUT2D eigenvalue weighted by Crippen LogP contribution is -2.63. The second kappa shape index (κ2) is 12.3. The van der Waals surface area contributed by atoms with Gasteiger partial charge in [0, 0.05) is 6.54 Å². The van der Waals surface area contributed by atoms with Gasteiger partial charge in [0.1, 0.15) is 12.1 Å². The number of primary amides is 1. The van der Waals surface area contributed by atoms with Crippen molar-refractivity contribution in [1.29, 1.82) is 0 Å². The zero-order valence-electron chi connectivity index (χ0n) is 26.6. The van der Waals surface area contributed by atoms with E-state index in [0.717, 1.165) is 32.1 Å². The van der Waals surface area contributed by atoms with Crippen molar-refractivity contribution in [2.45, 2.75) is 124 Å². The fourth-order valence-corrected chi connectivity index (χ4v) is 6.88. The molecule has 3 aliphatic carbocycles. The van der Waals surface area contributed by atoms with Gasteiger partial charge in [-0.2, -0.15) is 0 Å². The first-order valence-corrected chi connectivity index (χ1v) is 15.8. The third-order valence-corrected chi connectivity index (χ3v) is 9.96. The molecular formula is C31H51N5O7. The van der Waals surface area contributed by atoms with Gasteiger partial charge in [0.25, 0.3) is 5.91 Å². The van der Waals surface area contributed by atoms with E-state index in [-0.39, 0.29) is 35.2 Å². The van der Waals surface area contributed by atoms with Gasteiger partial charge in [-0.15, -0.1) is 0 Å². The lowest BCUT2D eigenvalue weighted by Gasteiger charge is -2.39. The predicted octanol–water partition coefficient (Wildman–Crippen LogP) is 1.43. The number of piperidine rings is 1. The molecule has 242 valence electrons. The standard InChI is InChI=1S/C31H51N5O7/c1-15(2)43-28(41)21(17-9-8-10-17)34-29(42)35-24(30(3,4)5)27(40)36-14-18-20(31(18,6)7)22(36)26(39)33-19(13-16-11-12-16)23(37)25(32)38/h15-22,24,28,41H,8-14H2,1-7H3,(H2,32,38)(H,33,39)(H2,34,35,42)/t18-,19?,20-,21-,22-,24+,28?/m0/s1. The molecule has 2 unspecified atom stereocenters. The molecule has 6 N–H and O–H groups in total.